The van der Waals surface area contributed by atoms with Crippen LogP contribution in [0.2, 0.25) is 0 Å². The number of rotatable bonds is 3. The van der Waals surface area contributed by atoms with Crippen LogP contribution in [-0.4, -0.2) is 30.2 Å². The summed E-state index contributed by atoms with van der Waals surface area (Å²) in [5, 5.41) is 13.7. The minimum Gasteiger partial charge on any atom is -0.479 e. The van der Waals surface area contributed by atoms with E-state index >= 15 is 0 Å². The lowest BCUT2D eigenvalue weighted by atomic mass is 9.97. The van der Waals surface area contributed by atoms with Crippen LogP contribution >= 0.6 is 0 Å². The Morgan fingerprint density at radius 2 is 1.89 bits per heavy atom. The molecule has 1 aliphatic carbocycles. The first-order chi connectivity index (χ1) is 13.0. The normalized spacial score (nSPS) is 14.2. The van der Waals surface area contributed by atoms with Gasteiger partial charge in [0.1, 0.15) is 11.6 Å². The quantitative estimate of drug-likeness (QED) is 0.567. The van der Waals surface area contributed by atoms with Crippen molar-refractivity contribution < 1.29 is 9.63 Å². The van der Waals surface area contributed by atoms with Crippen molar-refractivity contribution in [3.63, 3.8) is 0 Å². The molecule has 0 amide bonds. The maximum absolute atomic E-state index is 9.60. The zero-order valence-electron chi connectivity index (χ0n) is 15.4. The predicted octanol–water partition coefficient (Wildman–Crippen LogP) is 4.18. The van der Waals surface area contributed by atoms with Gasteiger partial charge in [-0.05, 0) is 51.3 Å². The smallest absolute Gasteiger partial charge is 0.314 e. The fourth-order valence-electron chi connectivity index (χ4n) is 3.65. The van der Waals surface area contributed by atoms with Crippen LogP contribution in [-0.2, 0) is 0 Å². The van der Waals surface area contributed by atoms with Gasteiger partial charge in [-0.1, -0.05) is 5.16 Å². The van der Waals surface area contributed by atoms with Crippen LogP contribution in [0.1, 0.15) is 41.7 Å². The third-order valence-corrected chi connectivity index (χ3v) is 5.15. The molecule has 1 fully saturated rings. The highest BCUT2D eigenvalue weighted by atomic mass is 16.5. The first-order valence-corrected chi connectivity index (χ1v) is 9.01. The Hall–Kier alpha value is -3.22. The van der Waals surface area contributed by atoms with E-state index in [1.807, 2.05) is 20.8 Å². The van der Waals surface area contributed by atoms with Gasteiger partial charge in [0.25, 0.3) is 0 Å². The maximum Gasteiger partial charge on any atom is 0.314 e. The second-order valence-electron chi connectivity index (χ2n) is 7.18. The van der Waals surface area contributed by atoms with E-state index in [1.54, 1.807) is 6.20 Å². The predicted molar refractivity (Wildman–Crippen MR) is 100 cm³/mol. The summed E-state index contributed by atoms with van der Waals surface area (Å²) in [6, 6.07) is 3.95. The molecule has 0 aliphatic heterocycles. The number of imidazole rings is 1. The Bertz CT molecular complexity index is 1170. The van der Waals surface area contributed by atoms with Crippen molar-refractivity contribution in [1.82, 2.24) is 25.1 Å². The Kier molecular flexibility index (Phi) is 3.34. The molecule has 4 aromatic rings. The summed E-state index contributed by atoms with van der Waals surface area (Å²) < 4.78 is 5.37. The lowest BCUT2D eigenvalue weighted by Gasteiger charge is -2.09. The average molecular weight is 361 g/mol. The lowest BCUT2D eigenvalue weighted by molar-refractivity contribution is 0.393. The standard InChI is InChI=1S/C20H19N5O2/c1-9-15(8-21-20(26)22-9)14-6-13(17-10(2)25-27-11(17)3)7-16-18(14)24-19(23-16)12-4-5-12/h6-8,12H,4-5H2,1-3H3,(H,23,24)(H,21,22,26). The molecule has 27 heavy (non-hydrogen) atoms. The van der Waals surface area contributed by atoms with Crippen molar-refractivity contribution in [2.45, 2.75) is 39.5 Å². The van der Waals surface area contributed by atoms with Gasteiger partial charge in [0.05, 0.1) is 22.4 Å². The van der Waals surface area contributed by atoms with Crippen LogP contribution in [0.3, 0.4) is 0 Å². The largest absolute Gasteiger partial charge is 0.479 e. The van der Waals surface area contributed by atoms with Gasteiger partial charge in [0, 0.05) is 28.8 Å². The number of benzene rings is 1. The molecule has 3 aromatic heterocycles. The number of aromatic amines is 1. The first kappa shape index (κ1) is 16.0. The highest BCUT2D eigenvalue weighted by molar-refractivity contribution is 5.97. The summed E-state index contributed by atoms with van der Waals surface area (Å²) >= 11 is 0. The second kappa shape index (κ2) is 5.64. The van der Waals surface area contributed by atoms with Gasteiger partial charge in [-0.3, -0.25) is 0 Å². The second-order valence-corrected chi connectivity index (χ2v) is 7.18. The van der Waals surface area contributed by atoms with Crippen LogP contribution in [0.25, 0.3) is 33.3 Å². The molecule has 3 heterocycles. The fourth-order valence-corrected chi connectivity index (χ4v) is 3.65. The summed E-state index contributed by atoms with van der Waals surface area (Å²) in [4.78, 5) is 16.5. The molecule has 136 valence electrons. The molecule has 2 N–H and O–H groups in total. The van der Waals surface area contributed by atoms with E-state index in [0.717, 1.165) is 50.6 Å². The number of aromatic nitrogens is 5. The minimum absolute atomic E-state index is 0.227. The molecular weight excluding hydrogens is 342 g/mol. The highest BCUT2D eigenvalue weighted by Gasteiger charge is 2.28. The van der Waals surface area contributed by atoms with Gasteiger partial charge < -0.3 is 14.6 Å². The third kappa shape index (κ3) is 2.58. The van der Waals surface area contributed by atoms with Crippen LogP contribution in [0.15, 0.2) is 22.9 Å². The topological polar surface area (TPSA) is 101 Å². The summed E-state index contributed by atoms with van der Waals surface area (Å²) in [5.41, 5.74) is 7.18. The van der Waals surface area contributed by atoms with E-state index < -0.39 is 0 Å². The zero-order chi connectivity index (χ0) is 18.7. The van der Waals surface area contributed by atoms with E-state index in [0.29, 0.717) is 11.6 Å². The molecule has 1 aliphatic rings. The van der Waals surface area contributed by atoms with Gasteiger partial charge in [0.15, 0.2) is 0 Å². The monoisotopic (exact) mass is 361 g/mol. The van der Waals surface area contributed by atoms with Gasteiger partial charge in [-0.15, -0.1) is 0 Å². The Balaban J connectivity index is 1.81. The summed E-state index contributed by atoms with van der Waals surface area (Å²) in [6.07, 6.45) is 4.00. The fraction of sp³-hybridized carbons (Fsp3) is 0.300. The van der Waals surface area contributed by atoms with Crippen molar-refractivity contribution in [2.75, 3.05) is 0 Å². The third-order valence-electron chi connectivity index (χ3n) is 5.15. The summed E-state index contributed by atoms with van der Waals surface area (Å²) in [6.45, 7) is 5.71. The number of fused-ring (bicyclic) bond motifs is 1. The molecule has 7 nitrogen and oxygen atoms in total. The number of nitrogens with zero attached hydrogens (tertiary/aromatic N) is 4. The molecule has 0 spiro atoms. The highest BCUT2D eigenvalue weighted by Crippen LogP contribution is 2.42. The zero-order valence-corrected chi connectivity index (χ0v) is 15.4. The van der Waals surface area contributed by atoms with Crippen LogP contribution in [0.5, 0.6) is 6.01 Å². The molecule has 0 bridgehead atoms. The Labute approximate surface area is 155 Å². The SMILES string of the molecule is Cc1nc(O)ncc1-c1cc(-c2c(C)noc2C)cc2[nH]c(C3CC3)nc12. The minimum atomic E-state index is -0.227. The number of nitrogens with one attached hydrogen (secondary N) is 1. The summed E-state index contributed by atoms with van der Waals surface area (Å²) in [5.74, 6) is 2.32. The maximum atomic E-state index is 9.60. The number of aryl methyl sites for hydroxylation is 3. The van der Waals surface area contributed by atoms with E-state index in [-0.39, 0.29) is 6.01 Å². The number of hydrogen-bond acceptors (Lipinski definition) is 6. The molecule has 1 saturated carbocycles. The van der Waals surface area contributed by atoms with E-state index in [4.69, 9.17) is 9.51 Å². The number of aromatic hydroxyl groups is 1. The van der Waals surface area contributed by atoms with Crippen molar-refractivity contribution in [3.8, 4) is 28.3 Å². The average Bonchev–Trinajstić information content (AvgIpc) is 3.30. The van der Waals surface area contributed by atoms with Crippen LogP contribution in [0, 0.1) is 20.8 Å². The van der Waals surface area contributed by atoms with Crippen LogP contribution in [0.4, 0.5) is 0 Å². The van der Waals surface area contributed by atoms with Crippen molar-refractivity contribution >= 4 is 11.0 Å². The van der Waals surface area contributed by atoms with E-state index in [1.165, 1.54) is 12.8 Å². The van der Waals surface area contributed by atoms with Gasteiger partial charge in [-0.25, -0.2) is 15.0 Å². The first-order valence-electron chi connectivity index (χ1n) is 9.01. The van der Waals surface area contributed by atoms with Crippen molar-refractivity contribution in [1.29, 1.82) is 0 Å². The van der Waals surface area contributed by atoms with E-state index in [2.05, 4.69) is 32.2 Å². The lowest BCUT2D eigenvalue weighted by Crippen LogP contribution is -1.93. The molecular formula is C20H19N5O2. The molecule has 0 atom stereocenters. The molecule has 7 heteroatoms. The molecule has 5 rings (SSSR count). The Morgan fingerprint density at radius 3 is 2.56 bits per heavy atom. The Morgan fingerprint density at radius 1 is 1.07 bits per heavy atom. The number of hydrogen-bond donors (Lipinski definition) is 2. The molecule has 0 radical (unpaired) electrons. The van der Waals surface area contributed by atoms with Gasteiger partial charge >= 0.3 is 6.01 Å². The molecule has 0 unspecified atom stereocenters. The van der Waals surface area contributed by atoms with Crippen molar-refractivity contribution in [3.05, 3.63) is 41.3 Å². The van der Waals surface area contributed by atoms with Crippen molar-refractivity contribution in [2.24, 2.45) is 0 Å². The molecule has 0 saturated heterocycles. The summed E-state index contributed by atoms with van der Waals surface area (Å²) in [7, 11) is 0. The number of H-pyrrole nitrogens is 1. The van der Waals surface area contributed by atoms with Gasteiger partial charge in [0.2, 0.25) is 0 Å². The van der Waals surface area contributed by atoms with E-state index in [9.17, 15) is 5.11 Å². The van der Waals surface area contributed by atoms with Gasteiger partial charge in [-0.2, -0.15) is 0 Å². The van der Waals surface area contributed by atoms with Crippen LogP contribution < -0.4 is 0 Å². The molecule has 1 aromatic carbocycles.